The highest BCUT2D eigenvalue weighted by Gasteiger charge is 2.19. The highest BCUT2D eigenvalue weighted by Crippen LogP contribution is 2.28. The Morgan fingerprint density at radius 3 is 1.82 bits per heavy atom. The third kappa shape index (κ3) is 5.17. The van der Waals surface area contributed by atoms with Crippen molar-refractivity contribution in [2.75, 3.05) is 13.2 Å². The largest absolute Gasteiger partial charge is 0.460 e. The molecule has 0 unspecified atom stereocenters. The molecule has 0 bridgehead atoms. The van der Waals surface area contributed by atoms with Gasteiger partial charge in [0.15, 0.2) is 0 Å². The molecule has 2 aromatic carbocycles. The van der Waals surface area contributed by atoms with Gasteiger partial charge in [-0.15, -0.1) is 0 Å². The first-order valence-corrected chi connectivity index (χ1v) is 11.1. The van der Waals surface area contributed by atoms with Gasteiger partial charge in [0, 0.05) is 31.9 Å². The third-order valence-electron chi connectivity index (χ3n) is 4.92. The minimum Gasteiger partial charge on any atom is -0.460 e. The van der Waals surface area contributed by atoms with E-state index in [0.29, 0.717) is 35.5 Å². The zero-order valence-electron chi connectivity index (χ0n) is 18.7. The number of ether oxygens (including phenoxy) is 2. The molecule has 33 heavy (non-hydrogen) atoms. The van der Waals surface area contributed by atoms with Gasteiger partial charge < -0.3 is 18.3 Å². The van der Waals surface area contributed by atoms with Crippen molar-refractivity contribution >= 4 is 56.1 Å². The van der Waals surface area contributed by atoms with Crippen molar-refractivity contribution in [1.29, 1.82) is 0 Å². The van der Waals surface area contributed by atoms with Crippen molar-refractivity contribution in [2.24, 2.45) is 0 Å². The lowest BCUT2D eigenvalue weighted by Crippen LogP contribution is -2.04. The number of halogens is 1. The van der Waals surface area contributed by atoms with Crippen LogP contribution in [0, 0.1) is 13.8 Å². The van der Waals surface area contributed by atoms with Crippen molar-refractivity contribution in [1.82, 2.24) is 0 Å². The summed E-state index contributed by atoms with van der Waals surface area (Å²) in [6, 6.07) is 10.7. The van der Waals surface area contributed by atoms with Gasteiger partial charge in [-0.25, -0.2) is 9.59 Å². The second kappa shape index (κ2) is 10.5. The van der Waals surface area contributed by atoms with Crippen LogP contribution in [-0.4, -0.2) is 31.4 Å². The lowest BCUT2D eigenvalue weighted by atomic mass is 10.1. The van der Waals surface area contributed by atoms with Crippen LogP contribution < -0.4 is 0 Å². The van der Waals surface area contributed by atoms with Gasteiger partial charge in [0.2, 0.25) is 11.5 Å². The van der Waals surface area contributed by atoms with Crippen molar-refractivity contribution in [3.05, 3.63) is 69.1 Å². The van der Waals surface area contributed by atoms with E-state index in [2.05, 4.69) is 15.9 Å². The van der Waals surface area contributed by atoms with Crippen molar-refractivity contribution in [3.8, 4) is 0 Å². The number of esters is 2. The van der Waals surface area contributed by atoms with Gasteiger partial charge in [0.25, 0.3) is 0 Å². The monoisotopic (exact) mass is 514 g/mol. The second-order valence-electron chi connectivity index (χ2n) is 7.07. The minimum atomic E-state index is -0.478. The summed E-state index contributed by atoms with van der Waals surface area (Å²) in [6.45, 7) is 7.78. The van der Waals surface area contributed by atoms with E-state index in [4.69, 9.17) is 18.3 Å². The summed E-state index contributed by atoms with van der Waals surface area (Å²) in [4.78, 5) is 33.9. The fourth-order valence-corrected chi connectivity index (χ4v) is 3.65. The van der Waals surface area contributed by atoms with Gasteiger partial charge in [0.1, 0.15) is 17.5 Å². The van der Waals surface area contributed by atoms with Crippen molar-refractivity contribution < 1.29 is 32.7 Å². The number of hydrogen-bond donors (Lipinski definition) is 0. The number of furan rings is 2. The molecule has 172 valence electrons. The van der Waals surface area contributed by atoms with Crippen LogP contribution in [0.5, 0.6) is 0 Å². The number of fused-ring (bicyclic) bond motifs is 2. The van der Waals surface area contributed by atoms with Crippen LogP contribution >= 0.6 is 15.9 Å². The number of carbonyl (C=O) groups is 3. The molecule has 0 aliphatic rings. The fraction of sp³-hybridized carbons (Fsp3) is 0.240. The van der Waals surface area contributed by atoms with Gasteiger partial charge in [-0.05, 0) is 64.1 Å². The molecule has 0 aliphatic heterocycles. The molecule has 4 aromatic rings. The second-order valence-corrected chi connectivity index (χ2v) is 7.98. The zero-order chi connectivity index (χ0) is 24.1. The number of hydrogen-bond acceptors (Lipinski definition) is 7. The fourth-order valence-electron chi connectivity index (χ4n) is 3.29. The van der Waals surface area contributed by atoms with Crippen molar-refractivity contribution in [3.63, 3.8) is 0 Å². The molecule has 0 fully saturated rings. The van der Waals surface area contributed by atoms with E-state index in [0.717, 1.165) is 27.1 Å². The summed E-state index contributed by atoms with van der Waals surface area (Å²) in [5.74, 6) is -0.402. The maximum Gasteiger partial charge on any atom is 0.374 e. The van der Waals surface area contributed by atoms with E-state index in [1.165, 1.54) is 0 Å². The topological polar surface area (TPSA) is 96.0 Å². The molecule has 8 heteroatoms. The van der Waals surface area contributed by atoms with Gasteiger partial charge in [-0.3, -0.25) is 4.79 Å². The Morgan fingerprint density at radius 1 is 0.848 bits per heavy atom. The summed E-state index contributed by atoms with van der Waals surface area (Å²) in [5, 5.41) is 1.69. The number of carbonyl (C=O) groups excluding carboxylic acids is 3. The molecule has 0 amide bonds. The maximum atomic E-state index is 11.6. The summed E-state index contributed by atoms with van der Waals surface area (Å²) in [5.41, 5.74) is 3.34. The summed E-state index contributed by atoms with van der Waals surface area (Å²) >= 11 is 3.39. The Labute approximate surface area is 198 Å². The van der Waals surface area contributed by atoms with Crippen LogP contribution in [0.15, 0.2) is 49.7 Å². The Kier molecular flexibility index (Phi) is 7.71. The molecule has 0 saturated carbocycles. The Bertz CT molecular complexity index is 1330. The van der Waals surface area contributed by atoms with Crippen LogP contribution in [0.2, 0.25) is 0 Å². The van der Waals surface area contributed by atoms with Crippen LogP contribution in [0.3, 0.4) is 0 Å². The molecular formula is C25H23BrO7. The maximum absolute atomic E-state index is 11.6. The van der Waals surface area contributed by atoms with E-state index in [1.54, 1.807) is 39.0 Å². The SMILES string of the molecule is CCOC(=O)c1oc2ccc(Br)cc2c1C.CCOC(=O)c1oc2ccc(C=O)cc2c1C. The highest BCUT2D eigenvalue weighted by atomic mass is 79.9. The first-order valence-electron chi connectivity index (χ1n) is 10.3. The quantitative estimate of drug-likeness (QED) is 0.224. The summed E-state index contributed by atoms with van der Waals surface area (Å²) in [7, 11) is 0. The average Bonchev–Trinajstić information content (AvgIpc) is 3.31. The lowest BCUT2D eigenvalue weighted by Gasteiger charge is -1.97. The first kappa shape index (κ1) is 24.3. The van der Waals surface area contributed by atoms with E-state index in [1.807, 2.05) is 25.1 Å². The molecule has 0 atom stereocenters. The van der Waals surface area contributed by atoms with E-state index >= 15 is 0 Å². The van der Waals surface area contributed by atoms with Crippen LogP contribution in [0.25, 0.3) is 21.9 Å². The van der Waals surface area contributed by atoms with Crippen molar-refractivity contribution in [2.45, 2.75) is 27.7 Å². The first-order chi connectivity index (χ1) is 15.8. The van der Waals surface area contributed by atoms with Gasteiger partial charge in [-0.2, -0.15) is 0 Å². The van der Waals surface area contributed by atoms with Crippen LogP contribution in [0.1, 0.15) is 56.4 Å². The molecule has 0 radical (unpaired) electrons. The summed E-state index contributed by atoms with van der Waals surface area (Å²) in [6.07, 6.45) is 0.760. The Balaban J connectivity index is 0.000000186. The normalized spacial score (nSPS) is 10.6. The highest BCUT2D eigenvalue weighted by molar-refractivity contribution is 9.10. The molecule has 4 rings (SSSR count). The average molecular weight is 515 g/mol. The third-order valence-corrected chi connectivity index (χ3v) is 5.41. The lowest BCUT2D eigenvalue weighted by molar-refractivity contribution is 0.0482. The molecule has 0 aliphatic carbocycles. The standard InChI is InChI=1S/C13H12O4.C12H11BrO3/c1-3-16-13(15)12-8(2)10-6-9(7-14)4-5-11(10)17-12;1-3-15-12(14)11-7(2)9-6-8(13)4-5-10(9)16-11/h4-7H,3H2,1-2H3;4-6H,3H2,1-2H3. The molecule has 0 spiro atoms. The number of aryl methyl sites for hydroxylation is 2. The Hall–Kier alpha value is -3.39. The predicted octanol–water partition coefficient (Wildman–Crippen LogP) is 6.41. The molecule has 2 heterocycles. The minimum absolute atomic E-state index is 0.199. The smallest absolute Gasteiger partial charge is 0.374 e. The predicted molar refractivity (Wildman–Crippen MR) is 127 cm³/mol. The van der Waals surface area contributed by atoms with Gasteiger partial charge in [-0.1, -0.05) is 15.9 Å². The number of benzene rings is 2. The van der Waals surface area contributed by atoms with Crippen LogP contribution in [-0.2, 0) is 9.47 Å². The molecule has 0 N–H and O–H groups in total. The molecular weight excluding hydrogens is 492 g/mol. The van der Waals surface area contributed by atoms with E-state index in [-0.39, 0.29) is 11.5 Å². The zero-order valence-corrected chi connectivity index (χ0v) is 20.3. The summed E-state index contributed by atoms with van der Waals surface area (Å²) < 4.78 is 21.7. The number of rotatable bonds is 5. The molecule has 7 nitrogen and oxygen atoms in total. The van der Waals surface area contributed by atoms with E-state index in [9.17, 15) is 14.4 Å². The van der Waals surface area contributed by atoms with Crippen LogP contribution in [0.4, 0.5) is 0 Å². The van der Waals surface area contributed by atoms with E-state index < -0.39 is 11.9 Å². The van der Waals surface area contributed by atoms with Gasteiger partial charge >= 0.3 is 11.9 Å². The van der Waals surface area contributed by atoms with Gasteiger partial charge in [0.05, 0.1) is 13.2 Å². The molecule has 2 aromatic heterocycles. The number of aldehydes is 1. The molecule has 0 saturated heterocycles. The Morgan fingerprint density at radius 2 is 1.33 bits per heavy atom.